The molecule has 26 heavy (non-hydrogen) atoms. The van der Waals surface area contributed by atoms with Gasteiger partial charge in [-0.2, -0.15) is 11.8 Å². The van der Waals surface area contributed by atoms with Gasteiger partial charge in [0, 0.05) is 24.6 Å². The summed E-state index contributed by atoms with van der Waals surface area (Å²) < 4.78 is 6.30. The molecule has 1 saturated heterocycles. The van der Waals surface area contributed by atoms with Gasteiger partial charge in [-0.1, -0.05) is 15.9 Å². The Hall–Kier alpha value is -1.46. The summed E-state index contributed by atoms with van der Waals surface area (Å²) in [6.07, 6.45) is 0.742. The molecule has 1 aromatic heterocycles. The molecule has 0 bridgehead atoms. The first-order valence-corrected chi connectivity index (χ1v) is 10.7. The molecular formula is C15H14BrN3O5S2. The number of esters is 1. The molecule has 2 unspecified atom stereocenters. The number of hydrogen-bond donors (Lipinski definition) is 1. The molecule has 1 aromatic rings. The van der Waals surface area contributed by atoms with Gasteiger partial charge in [0.25, 0.3) is 5.91 Å². The third kappa shape index (κ3) is 2.43. The zero-order valence-corrected chi connectivity index (χ0v) is 16.8. The highest BCUT2D eigenvalue weighted by atomic mass is 79.9. The quantitative estimate of drug-likeness (QED) is 0.412. The number of aliphatic carboxylic acids is 1. The van der Waals surface area contributed by atoms with Crippen molar-refractivity contribution in [2.45, 2.75) is 35.0 Å². The van der Waals surface area contributed by atoms with Crippen LogP contribution in [0.15, 0.2) is 17.3 Å². The Morgan fingerprint density at radius 1 is 1.54 bits per heavy atom. The summed E-state index contributed by atoms with van der Waals surface area (Å²) in [6.45, 7) is 2.00. The lowest BCUT2D eigenvalue weighted by Crippen LogP contribution is -2.70. The monoisotopic (exact) mass is 459 g/mol. The molecule has 4 heterocycles. The summed E-state index contributed by atoms with van der Waals surface area (Å²) in [5.41, 5.74) is 0.582. The number of alkyl halides is 1. The predicted octanol–water partition coefficient (Wildman–Crippen LogP) is 1.71. The zero-order chi connectivity index (χ0) is 18.6. The minimum absolute atomic E-state index is 0.0617. The van der Waals surface area contributed by atoms with Gasteiger partial charge in [-0.3, -0.25) is 14.5 Å². The molecule has 3 aliphatic heterocycles. The van der Waals surface area contributed by atoms with Crippen LogP contribution >= 0.6 is 39.5 Å². The number of carbonyl (C=O) groups is 3. The van der Waals surface area contributed by atoms with E-state index in [1.807, 2.05) is 4.57 Å². The van der Waals surface area contributed by atoms with Crippen LogP contribution in [0.4, 0.5) is 0 Å². The lowest BCUT2D eigenvalue weighted by Gasteiger charge is -2.51. The van der Waals surface area contributed by atoms with E-state index in [0.717, 1.165) is 17.3 Å². The number of imidazole rings is 1. The van der Waals surface area contributed by atoms with Crippen LogP contribution in [-0.2, 0) is 31.4 Å². The Morgan fingerprint density at radius 2 is 2.31 bits per heavy atom. The molecule has 0 aliphatic carbocycles. The number of ether oxygens (including phenoxy) is 1. The van der Waals surface area contributed by atoms with Crippen LogP contribution < -0.4 is 0 Å². The van der Waals surface area contributed by atoms with Gasteiger partial charge in [0.1, 0.15) is 16.9 Å². The number of thioether (sulfide) groups is 2. The molecule has 0 aromatic carbocycles. The van der Waals surface area contributed by atoms with E-state index in [4.69, 9.17) is 4.74 Å². The molecule has 3 aliphatic rings. The van der Waals surface area contributed by atoms with E-state index in [1.54, 1.807) is 18.0 Å². The number of nitrogens with zero attached hydrogens (tertiary/aromatic N) is 3. The Labute approximate surface area is 165 Å². The topological polar surface area (TPSA) is 102 Å². The van der Waals surface area contributed by atoms with Crippen molar-refractivity contribution in [3.63, 3.8) is 0 Å². The molecule has 8 nitrogen and oxygen atoms in total. The van der Waals surface area contributed by atoms with Gasteiger partial charge in [-0.15, -0.1) is 11.8 Å². The van der Waals surface area contributed by atoms with Crippen LogP contribution in [0.5, 0.6) is 0 Å². The van der Waals surface area contributed by atoms with Crippen LogP contribution in [0.1, 0.15) is 24.5 Å². The molecule has 11 heteroatoms. The van der Waals surface area contributed by atoms with Crippen molar-refractivity contribution in [3.05, 3.63) is 28.8 Å². The Kier molecular flexibility index (Phi) is 4.35. The van der Waals surface area contributed by atoms with Gasteiger partial charge < -0.3 is 14.4 Å². The Balaban J connectivity index is 1.73. The Bertz CT molecular complexity index is 856. The summed E-state index contributed by atoms with van der Waals surface area (Å²) in [6, 6.07) is 0. The Morgan fingerprint density at radius 3 is 3.00 bits per heavy atom. The van der Waals surface area contributed by atoms with Gasteiger partial charge in [-0.25, -0.2) is 9.78 Å². The standard InChI is InChI=1S/C15H14BrN3O5S2/c1-7(20)24-11(8-4-17-10-6-25-3-2-18(8)10)15(16)13(23)19-9(12(21)22)5-26-14(15)19/h4-5,11,14H,2-3,6H2,1H3,(H,21,22)/t11?,14-,15?/m1/s1. The summed E-state index contributed by atoms with van der Waals surface area (Å²) >= 11 is 6.49. The maximum absolute atomic E-state index is 12.9. The van der Waals surface area contributed by atoms with Crippen molar-refractivity contribution in [1.29, 1.82) is 0 Å². The zero-order valence-electron chi connectivity index (χ0n) is 13.5. The number of β-lactam (4-membered cyclic amide) rings is 1. The number of carboxylic acids is 1. The molecule has 1 N–H and O–H groups in total. The molecule has 0 spiro atoms. The van der Waals surface area contributed by atoms with Crippen molar-refractivity contribution in [3.8, 4) is 0 Å². The normalized spacial score (nSPS) is 27.9. The number of carboxylic acid groups (broad SMARTS) is 1. The van der Waals surface area contributed by atoms with Crippen molar-refractivity contribution < 1.29 is 24.2 Å². The molecule has 3 atom stereocenters. The second kappa shape index (κ2) is 6.31. The van der Waals surface area contributed by atoms with Crippen molar-refractivity contribution >= 4 is 57.3 Å². The van der Waals surface area contributed by atoms with E-state index >= 15 is 0 Å². The smallest absolute Gasteiger partial charge is 0.353 e. The number of amides is 1. The minimum Gasteiger partial charge on any atom is -0.477 e. The van der Waals surface area contributed by atoms with Gasteiger partial charge in [0.05, 0.1) is 17.6 Å². The maximum Gasteiger partial charge on any atom is 0.353 e. The summed E-state index contributed by atoms with van der Waals surface area (Å²) in [5, 5.41) is 10.2. The van der Waals surface area contributed by atoms with Crippen molar-refractivity contribution in [1.82, 2.24) is 14.5 Å². The highest BCUT2D eigenvalue weighted by Crippen LogP contribution is 2.58. The average molecular weight is 460 g/mol. The van der Waals surface area contributed by atoms with Crippen molar-refractivity contribution in [2.24, 2.45) is 0 Å². The van der Waals surface area contributed by atoms with Gasteiger partial charge in [0.15, 0.2) is 10.4 Å². The third-order valence-electron chi connectivity index (χ3n) is 4.52. The van der Waals surface area contributed by atoms with Gasteiger partial charge in [0.2, 0.25) is 0 Å². The molecular weight excluding hydrogens is 446 g/mol. The van der Waals surface area contributed by atoms with Crippen LogP contribution in [0.25, 0.3) is 0 Å². The number of rotatable bonds is 4. The number of halogens is 1. The number of fused-ring (bicyclic) bond motifs is 2. The predicted molar refractivity (Wildman–Crippen MR) is 98.5 cm³/mol. The molecule has 0 radical (unpaired) electrons. The average Bonchev–Trinajstić information content (AvgIpc) is 3.21. The molecule has 0 saturated carbocycles. The summed E-state index contributed by atoms with van der Waals surface area (Å²) in [4.78, 5) is 41.6. The van der Waals surface area contributed by atoms with E-state index in [1.165, 1.54) is 29.0 Å². The number of carbonyl (C=O) groups excluding carboxylic acids is 2. The lowest BCUT2D eigenvalue weighted by molar-refractivity contribution is -0.163. The number of hydrogen-bond acceptors (Lipinski definition) is 7. The number of aromatic nitrogens is 2. The molecule has 4 rings (SSSR count). The highest BCUT2D eigenvalue weighted by Gasteiger charge is 2.69. The van der Waals surface area contributed by atoms with Crippen LogP contribution in [0.3, 0.4) is 0 Å². The first-order valence-electron chi connectivity index (χ1n) is 7.76. The fourth-order valence-electron chi connectivity index (χ4n) is 3.35. The summed E-state index contributed by atoms with van der Waals surface area (Å²) in [5.74, 6) is 0.414. The largest absolute Gasteiger partial charge is 0.477 e. The van der Waals surface area contributed by atoms with Crippen LogP contribution in [0.2, 0.25) is 0 Å². The fraction of sp³-hybridized carbons (Fsp3) is 0.467. The third-order valence-corrected chi connectivity index (χ3v) is 8.15. The molecule has 138 valence electrons. The second-order valence-electron chi connectivity index (χ2n) is 6.03. The maximum atomic E-state index is 12.9. The van der Waals surface area contributed by atoms with E-state index in [0.29, 0.717) is 12.2 Å². The van der Waals surface area contributed by atoms with E-state index in [9.17, 15) is 19.5 Å². The van der Waals surface area contributed by atoms with E-state index in [-0.39, 0.29) is 5.70 Å². The lowest BCUT2D eigenvalue weighted by atomic mass is 9.89. The van der Waals surface area contributed by atoms with Crippen LogP contribution in [-0.4, -0.2) is 52.9 Å². The van der Waals surface area contributed by atoms with Gasteiger partial charge >= 0.3 is 11.9 Å². The first kappa shape index (κ1) is 17.9. The van der Waals surface area contributed by atoms with Crippen LogP contribution in [0, 0.1) is 0 Å². The van der Waals surface area contributed by atoms with E-state index in [2.05, 4.69) is 20.9 Å². The first-order chi connectivity index (χ1) is 12.4. The minimum atomic E-state index is -1.24. The second-order valence-corrected chi connectivity index (χ2v) is 9.40. The van der Waals surface area contributed by atoms with E-state index < -0.39 is 33.6 Å². The molecule has 1 amide bonds. The van der Waals surface area contributed by atoms with Crippen molar-refractivity contribution in [2.75, 3.05) is 5.75 Å². The fourth-order valence-corrected chi connectivity index (χ4v) is 6.50. The van der Waals surface area contributed by atoms with Gasteiger partial charge in [-0.05, 0) is 0 Å². The summed E-state index contributed by atoms with van der Waals surface area (Å²) in [7, 11) is 0. The molecule has 1 fully saturated rings. The highest BCUT2D eigenvalue weighted by molar-refractivity contribution is 9.10. The SMILES string of the molecule is CC(=O)OC(c1cnc2n1CCSC2)C1(Br)C(=O)N2C(C(=O)O)=CS[C@@H]21.